The van der Waals surface area contributed by atoms with Crippen molar-refractivity contribution in [1.82, 2.24) is 5.06 Å². The molecule has 0 aromatic rings. The number of unbranched alkanes of at least 4 members (excludes halogenated alkanes) is 2. The van der Waals surface area contributed by atoms with Crippen LogP contribution in [-0.2, 0) is 9.59 Å². The van der Waals surface area contributed by atoms with E-state index >= 15 is 0 Å². The zero-order chi connectivity index (χ0) is 15.5. The summed E-state index contributed by atoms with van der Waals surface area (Å²) < 4.78 is 0. The van der Waals surface area contributed by atoms with E-state index < -0.39 is 24.0 Å². The fraction of sp³-hybridized carbons (Fsp3) is 0.833. The maximum Gasteiger partial charge on any atom is 0.329 e. The third kappa shape index (κ3) is 6.80. The predicted molar refractivity (Wildman–Crippen MR) is 73.8 cm³/mol. The smallest absolute Gasteiger partial charge is 0.329 e. The second-order valence-electron chi connectivity index (χ2n) is 4.71. The number of nitrogens with two attached hydrogens (primary N) is 3. The number of carboxylic acids is 1. The molecule has 0 unspecified atom stereocenters. The molecule has 20 heavy (non-hydrogen) atoms. The number of carbonyl (C=O) groups excluding carboxylic acids is 1. The topological polar surface area (TPSA) is 156 Å². The van der Waals surface area contributed by atoms with Crippen molar-refractivity contribution in [2.24, 2.45) is 17.2 Å². The lowest BCUT2D eigenvalue weighted by atomic mass is 10.1. The van der Waals surface area contributed by atoms with Gasteiger partial charge < -0.3 is 22.3 Å². The van der Waals surface area contributed by atoms with Crippen LogP contribution < -0.4 is 17.2 Å². The number of aliphatic carboxylic acids is 1. The molecule has 0 heterocycles. The molecule has 0 bridgehead atoms. The summed E-state index contributed by atoms with van der Waals surface area (Å²) in [5, 5.41) is 19.0. The molecule has 0 spiro atoms. The zero-order valence-corrected chi connectivity index (χ0v) is 11.7. The highest BCUT2D eigenvalue weighted by molar-refractivity contribution is 5.85. The lowest BCUT2D eigenvalue weighted by Gasteiger charge is -2.25. The molecule has 0 radical (unpaired) electrons. The van der Waals surface area contributed by atoms with Crippen LogP contribution in [-0.4, -0.2) is 52.4 Å². The molecule has 8 nitrogen and oxygen atoms in total. The van der Waals surface area contributed by atoms with Gasteiger partial charge in [-0.2, -0.15) is 0 Å². The number of hydrogen-bond donors (Lipinski definition) is 5. The molecule has 0 aliphatic carbocycles. The van der Waals surface area contributed by atoms with Crippen LogP contribution in [0.5, 0.6) is 0 Å². The van der Waals surface area contributed by atoms with Crippen LogP contribution in [0.1, 0.15) is 38.5 Å². The standard InChI is InChI=1S/C12H26N4O4/c13-7-3-1-5-9(15)11(17)16(20)10(12(18)19)6-2-4-8-14/h9-10,20H,1-8,13-15H2,(H,18,19)/t9-,10-/m0/s1. The summed E-state index contributed by atoms with van der Waals surface area (Å²) in [7, 11) is 0. The molecule has 0 rings (SSSR count). The Labute approximate surface area is 118 Å². The Morgan fingerprint density at radius 1 is 1.00 bits per heavy atom. The number of amides is 1. The molecule has 0 aliphatic heterocycles. The van der Waals surface area contributed by atoms with Crippen molar-refractivity contribution in [3.8, 4) is 0 Å². The quantitative estimate of drug-likeness (QED) is 0.190. The van der Waals surface area contributed by atoms with Crippen LogP contribution >= 0.6 is 0 Å². The summed E-state index contributed by atoms with van der Waals surface area (Å²) in [6.07, 6.45) is 3.04. The van der Waals surface area contributed by atoms with Gasteiger partial charge >= 0.3 is 5.97 Å². The Bertz CT molecular complexity index is 301. The first-order chi connectivity index (χ1) is 9.45. The van der Waals surface area contributed by atoms with Gasteiger partial charge in [0, 0.05) is 0 Å². The Hall–Kier alpha value is -1.22. The van der Waals surface area contributed by atoms with Crippen LogP contribution in [0.2, 0.25) is 0 Å². The lowest BCUT2D eigenvalue weighted by molar-refractivity contribution is -0.187. The van der Waals surface area contributed by atoms with Crippen molar-refractivity contribution in [1.29, 1.82) is 0 Å². The average Bonchev–Trinajstić information content (AvgIpc) is 2.41. The normalized spacial score (nSPS) is 13.8. The summed E-state index contributed by atoms with van der Waals surface area (Å²) in [4.78, 5) is 22.9. The molecule has 1 amide bonds. The van der Waals surface area contributed by atoms with Gasteiger partial charge in [0.25, 0.3) is 5.91 Å². The number of hydroxylamine groups is 2. The number of rotatable bonds is 11. The maximum atomic E-state index is 11.8. The van der Waals surface area contributed by atoms with Gasteiger partial charge in [-0.15, -0.1) is 0 Å². The van der Waals surface area contributed by atoms with Crippen molar-refractivity contribution in [2.45, 2.75) is 50.6 Å². The van der Waals surface area contributed by atoms with E-state index in [4.69, 9.17) is 22.3 Å². The molecule has 0 aromatic carbocycles. The fourth-order valence-corrected chi connectivity index (χ4v) is 1.79. The summed E-state index contributed by atoms with van der Waals surface area (Å²) >= 11 is 0. The maximum absolute atomic E-state index is 11.8. The van der Waals surface area contributed by atoms with Crippen molar-refractivity contribution in [2.75, 3.05) is 13.1 Å². The van der Waals surface area contributed by atoms with E-state index in [1.807, 2.05) is 0 Å². The van der Waals surface area contributed by atoms with Crippen LogP contribution in [0.15, 0.2) is 0 Å². The SMILES string of the molecule is NCCCC[C@H](N)C(=O)N(O)[C@@H](CCCCN)C(=O)O. The van der Waals surface area contributed by atoms with Gasteiger partial charge in [0.1, 0.15) is 0 Å². The first kappa shape index (κ1) is 18.8. The van der Waals surface area contributed by atoms with Crippen LogP contribution in [0.25, 0.3) is 0 Å². The summed E-state index contributed by atoms with van der Waals surface area (Å²) in [6, 6.07) is -2.20. The van der Waals surface area contributed by atoms with Crippen molar-refractivity contribution in [3.05, 3.63) is 0 Å². The summed E-state index contributed by atoms with van der Waals surface area (Å²) in [5.41, 5.74) is 16.3. The molecule has 0 fully saturated rings. The first-order valence-corrected chi connectivity index (χ1v) is 6.86. The van der Waals surface area contributed by atoms with Gasteiger partial charge in [0.15, 0.2) is 6.04 Å². The van der Waals surface area contributed by atoms with Gasteiger partial charge in [-0.1, -0.05) is 6.42 Å². The van der Waals surface area contributed by atoms with Gasteiger partial charge in [-0.05, 0) is 45.2 Å². The third-order valence-electron chi connectivity index (χ3n) is 3.02. The van der Waals surface area contributed by atoms with Crippen molar-refractivity contribution in [3.63, 3.8) is 0 Å². The van der Waals surface area contributed by atoms with E-state index in [2.05, 4.69) is 0 Å². The number of carboxylic acid groups (broad SMARTS) is 1. The summed E-state index contributed by atoms with van der Waals surface area (Å²) in [5.74, 6) is -2.03. The molecule has 0 saturated carbocycles. The average molecular weight is 290 g/mol. The minimum atomic E-state index is -1.28. The van der Waals surface area contributed by atoms with Crippen molar-refractivity contribution >= 4 is 11.9 Å². The molecule has 0 aliphatic rings. The van der Waals surface area contributed by atoms with E-state index in [1.165, 1.54) is 0 Å². The second kappa shape index (κ2) is 10.6. The highest BCUT2D eigenvalue weighted by Crippen LogP contribution is 2.10. The minimum absolute atomic E-state index is 0.143. The molecule has 2 atom stereocenters. The van der Waals surface area contributed by atoms with Gasteiger partial charge in [0.2, 0.25) is 0 Å². The van der Waals surface area contributed by atoms with E-state index in [1.54, 1.807) is 0 Å². The largest absolute Gasteiger partial charge is 0.480 e. The van der Waals surface area contributed by atoms with E-state index in [0.717, 1.165) is 6.42 Å². The van der Waals surface area contributed by atoms with E-state index in [9.17, 15) is 14.8 Å². The minimum Gasteiger partial charge on any atom is -0.480 e. The van der Waals surface area contributed by atoms with Crippen LogP contribution in [0.4, 0.5) is 0 Å². The monoisotopic (exact) mass is 290 g/mol. The molecular formula is C12H26N4O4. The molecule has 8 N–H and O–H groups in total. The van der Waals surface area contributed by atoms with E-state index in [0.29, 0.717) is 38.8 Å². The van der Waals surface area contributed by atoms with E-state index in [-0.39, 0.29) is 11.5 Å². The highest BCUT2D eigenvalue weighted by Gasteiger charge is 2.30. The Kier molecular flexibility index (Phi) is 9.91. The zero-order valence-electron chi connectivity index (χ0n) is 11.7. The fourth-order valence-electron chi connectivity index (χ4n) is 1.79. The summed E-state index contributed by atoms with van der Waals surface area (Å²) in [6.45, 7) is 0.935. The number of carbonyl (C=O) groups is 2. The lowest BCUT2D eigenvalue weighted by Crippen LogP contribution is -2.49. The molecular weight excluding hydrogens is 264 g/mol. The van der Waals surface area contributed by atoms with Crippen LogP contribution in [0.3, 0.4) is 0 Å². The van der Waals surface area contributed by atoms with Crippen LogP contribution in [0, 0.1) is 0 Å². The molecule has 8 heteroatoms. The Balaban J connectivity index is 4.42. The van der Waals surface area contributed by atoms with Gasteiger partial charge in [-0.3, -0.25) is 10.0 Å². The Morgan fingerprint density at radius 2 is 1.50 bits per heavy atom. The second-order valence-corrected chi connectivity index (χ2v) is 4.71. The Morgan fingerprint density at radius 3 is 1.95 bits per heavy atom. The molecule has 0 saturated heterocycles. The van der Waals surface area contributed by atoms with Crippen molar-refractivity contribution < 1.29 is 19.9 Å². The van der Waals surface area contributed by atoms with Gasteiger partial charge in [-0.25, -0.2) is 9.86 Å². The molecule has 0 aromatic heterocycles. The molecule has 118 valence electrons. The number of nitrogens with zero attached hydrogens (tertiary/aromatic N) is 1. The highest BCUT2D eigenvalue weighted by atomic mass is 16.5. The third-order valence-corrected chi connectivity index (χ3v) is 3.02. The predicted octanol–water partition coefficient (Wildman–Crippen LogP) is -0.757. The van der Waals surface area contributed by atoms with Gasteiger partial charge in [0.05, 0.1) is 6.04 Å². The first-order valence-electron chi connectivity index (χ1n) is 6.86. The number of hydrogen-bond acceptors (Lipinski definition) is 6.